The van der Waals surface area contributed by atoms with Gasteiger partial charge in [-0.3, -0.25) is 4.79 Å². The minimum Gasteiger partial charge on any atom is -0.367 e. The van der Waals surface area contributed by atoms with Crippen molar-refractivity contribution in [1.29, 1.82) is 0 Å². The molecule has 5 heteroatoms. The van der Waals surface area contributed by atoms with Gasteiger partial charge in [-0.1, -0.05) is 31.2 Å². The lowest BCUT2D eigenvalue weighted by Crippen LogP contribution is -2.52. The summed E-state index contributed by atoms with van der Waals surface area (Å²) < 4.78 is 6.06. The minimum absolute atomic E-state index is 0.0122. The average Bonchev–Trinajstić information content (AvgIpc) is 3.02. The van der Waals surface area contributed by atoms with Crippen LogP contribution < -0.4 is 10.6 Å². The van der Waals surface area contributed by atoms with Crippen molar-refractivity contribution < 1.29 is 9.53 Å². The van der Waals surface area contributed by atoms with Gasteiger partial charge in [-0.25, -0.2) is 0 Å². The molecule has 1 heterocycles. The predicted octanol–water partition coefficient (Wildman–Crippen LogP) is 2.64. The van der Waals surface area contributed by atoms with E-state index < -0.39 is 11.1 Å². The molecule has 0 aromatic carbocycles. The van der Waals surface area contributed by atoms with E-state index in [0.29, 0.717) is 12.5 Å². The molecule has 0 aromatic heterocycles. The van der Waals surface area contributed by atoms with Crippen molar-refractivity contribution in [3.05, 3.63) is 24.3 Å². The van der Waals surface area contributed by atoms with E-state index in [9.17, 15) is 4.79 Å². The standard InChI is InChI=1S/C18H29ClN2O2/c1-13(14-8-10-20-11-14)16(22)21-17(2,3)12-23-18(4)9-6-5-7-15(18)19/h5-7,9,13-15,20H,8,10-12H2,1-4H3,(H,21,22)/t13-,14+,15?,18?/m1/s1. The van der Waals surface area contributed by atoms with Gasteiger partial charge in [0.05, 0.1) is 17.5 Å². The van der Waals surface area contributed by atoms with Gasteiger partial charge in [0, 0.05) is 5.92 Å². The second kappa shape index (κ2) is 7.37. The summed E-state index contributed by atoms with van der Waals surface area (Å²) in [5.41, 5.74) is -0.981. The van der Waals surface area contributed by atoms with Crippen LogP contribution in [-0.4, -0.2) is 42.1 Å². The number of amides is 1. The normalized spacial score (nSPS) is 32.0. The molecule has 0 bridgehead atoms. The molecular weight excluding hydrogens is 312 g/mol. The topological polar surface area (TPSA) is 50.4 Å². The van der Waals surface area contributed by atoms with Crippen LogP contribution in [0.15, 0.2) is 24.3 Å². The molecule has 0 aromatic rings. The Morgan fingerprint density at radius 1 is 1.52 bits per heavy atom. The molecule has 2 rings (SSSR count). The molecule has 1 aliphatic heterocycles. The maximum absolute atomic E-state index is 12.5. The smallest absolute Gasteiger partial charge is 0.223 e. The Morgan fingerprint density at radius 3 is 2.87 bits per heavy atom. The van der Waals surface area contributed by atoms with Gasteiger partial charge in [0.25, 0.3) is 0 Å². The second-order valence-electron chi connectivity index (χ2n) is 7.53. The summed E-state index contributed by atoms with van der Waals surface area (Å²) in [4.78, 5) is 12.5. The lowest BCUT2D eigenvalue weighted by molar-refractivity contribution is -0.129. The molecule has 4 nitrogen and oxygen atoms in total. The van der Waals surface area contributed by atoms with Crippen molar-refractivity contribution in [2.75, 3.05) is 19.7 Å². The summed E-state index contributed by atoms with van der Waals surface area (Å²) in [5.74, 6) is 0.528. The van der Waals surface area contributed by atoms with Gasteiger partial charge in [0.1, 0.15) is 5.60 Å². The van der Waals surface area contributed by atoms with Crippen LogP contribution >= 0.6 is 11.6 Å². The van der Waals surface area contributed by atoms with Crippen LogP contribution in [0.2, 0.25) is 0 Å². The highest BCUT2D eigenvalue weighted by atomic mass is 35.5. The highest BCUT2D eigenvalue weighted by Gasteiger charge is 2.35. The van der Waals surface area contributed by atoms with Crippen LogP contribution in [0, 0.1) is 11.8 Å². The first-order valence-electron chi connectivity index (χ1n) is 8.40. The van der Waals surface area contributed by atoms with E-state index in [1.807, 2.05) is 52.0 Å². The number of allylic oxidation sites excluding steroid dienone is 2. The monoisotopic (exact) mass is 340 g/mol. The minimum atomic E-state index is -0.542. The van der Waals surface area contributed by atoms with Crippen molar-refractivity contribution >= 4 is 17.5 Å². The van der Waals surface area contributed by atoms with Crippen LogP contribution in [0.5, 0.6) is 0 Å². The Bertz CT molecular complexity index is 483. The maximum atomic E-state index is 12.5. The summed E-state index contributed by atoms with van der Waals surface area (Å²) in [7, 11) is 0. The zero-order valence-corrected chi connectivity index (χ0v) is 15.3. The van der Waals surface area contributed by atoms with Crippen molar-refractivity contribution in [3.63, 3.8) is 0 Å². The summed E-state index contributed by atoms with van der Waals surface area (Å²) >= 11 is 6.34. The molecule has 1 amide bonds. The Balaban J connectivity index is 1.87. The summed E-state index contributed by atoms with van der Waals surface area (Å²) in [6, 6.07) is 0. The molecular formula is C18H29ClN2O2. The van der Waals surface area contributed by atoms with E-state index in [2.05, 4.69) is 10.6 Å². The Hall–Kier alpha value is -0.840. The number of carbonyl (C=O) groups is 1. The third kappa shape index (κ3) is 4.82. The van der Waals surface area contributed by atoms with Crippen molar-refractivity contribution in [2.45, 2.75) is 50.6 Å². The van der Waals surface area contributed by atoms with Crippen molar-refractivity contribution in [3.8, 4) is 0 Å². The zero-order valence-electron chi connectivity index (χ0n) is 14.6. The Morgan fingerprint density at radius 2 is 2.26 bits per heavy atom. The molecule has 1 fully saturated rings. The zero-order chi connectivity index (χ0) is 17.1. The molecule has 0 spiro atoms. The lowest BCUT2D eigenvalue weighted by Gasteiger charge is -2.36. The fraction of sp³-hybridized carbons (Fsp3) is 0.722. The highest BCUT2D eigenvalue weighted by molar-refractivity contribution is 6.22. The summed E-state index contributed by atoms with van der Waals surface area (Å²) in [6.45, 7) is 10.3. The summed E-state index contributed by atoms with van der Waals surface area (Å²) in [5, 5.41) is 6.24. The van der Waals surface area contributed by atoms with Crippen LogP contribution in [0.25, 0.3) is 0 Å². The van der Waals surface area contributed by atoms with Crippen LogP contribution in [-0.2, 0) is 9.53 Å². The van der Waals surface area contributed by atoms with Crippen molar-refractivity contribution in [2.24, 2.45) is 11.8 Å². The maximum Gasteiger partial charge on any atom is 0.223 e. The average molecular weight is 341 g/mol. The van der Waals surface area contributed by atoms with Gasteiger partial charge in [0.15, 0.2) is 0 Å². The molecule has 1 saturated heterocycles. The molecule has 23 heavy (non-hydrogen) atoms. The third-order valence-corrected chi connectivity index (χ3v) is 5.37. The number of hydrogen-bond acceptors (Lipinski definition) is 3. The molecule has 0 radical (unpaired) electrons. The second-order valence-corrected chi connectivity index (χ2v) is 8.00. The van der Waals surface area contributed by atoms with Gasteiger partial charge in [-0.2, -0.15) is 0 Å². The number of rotatable bonds is 6. The van der Waals surface area contributed by atoms with Crippen LogP contribution in [0.1, 0.15) is 34.1 Å². The molecule has 2 N–H and O–H groups in total. The fourth-order valence-corrected chi connectivity index (χ4v) is 3.18. The van der Waals surface area contributed by atoms with E-state index in [4.69, 9.17) is 16.3 Å². The Kier molecular flexibility index (Phi) is 5.93. The first-order valence-corrected chi connectivity index (χ1v) is 8.84. The first kappa shape index (κ1) is 18.5. The van der Waals surface area contributed by atoms with Gasteiger partial charge in [0.2, 0.25) is 5.91 Å². The number of hydrogen-bond donors (Lipinski definition) is 2. The van der Waals surface area contributed by atoms with E-state index in [1.54, 1.807) is 0 Å². The van der Waals surface area contributed by atoms with Gasteiger partial charge in [-0.15, -0.1) is 11.6 Å². The number of nitrogens with one attached hydrogen (secondary N) is 2. The number of carbonyl (C=O) groups excluding carboxylic acids is 1. The molecule has 2 unspecified atom stereocenters. The quantitative estimate of drug-likeness (QED) is 0.731. The highest BCUT2D eigenvalue weighted by Crippen LogP contribution is 2.28. The van der Waals surface area contributed by atoms with Gasteiger partial charge >= 0.3 is 0 Å². The third-order valence-electron chi connectivity index (χ3n) is 4.79. The molecule has 130 valence electrons. The SMILES string of the molecule is C[C@@H](C(=O)NC(C)(C)COC1(C)C=CC=CC1Cl)[C@H]1CCNC1. The summed E-state index contributed by atoms with van der Waals surface area (Å²) in [6.07, 6.45) is 8.82. The van der Waals surface area contributed by atoms with Crippen LogP contribution in [0.4, 0.5) is 0 Å². The number of halogens is 1. The Labute approximate surface area is 144 Å². The largest absolute Gasteiger partial charge is 0.367 e. The van der Waals surface area contributed by atoms with E-state index in [0.717, 1.165) is 19.5 Å². The first-order chi connectivity index (χ1) is 10.7. The molecule has 1 aliphatic carbocycles. The molecule has 2 aliphatic rings. The predicted molar refractivity (Wildman–Crippen MR) is 94.6 cm³/mol. The number of ether oxygens (including phenoxy) is 1. The van der Waals surface area contributed by atoms with E-state index in [-0.39, 0.29) is 17.2 Å². The van der Waals surface area contributed by atoms with E-state index >= 15 is 0 Å². The van der Waals surface area contributed by atoms with Gasteiger partial charge < -0.3 is 15.4 Å². The number of alkyl halides is 1. The fourth-order valence-electron chi connectivity index (χ4n) is 2.96. The molecule has 4 atom stereocenters. The van der Waals surface area contributed by atoms with Crippen LogP contribution in [0.3, 0.4) is 0 Å². The lowest BCUT2D eigenvalue weighted by atomic mass is 9.91. The van der Waals surface area contributed by atoms with E-state index in [1.165, 1.54) is 0 Å². The van der Waals surface area contributed by atoms with Crippen molar-refractivity contribution in [1.82, 2.24) is 10.6 Å². The molecule has 0 saturated carbocycles. The van der Waals surface area contributed by atoms with Gasteiger partial charge in [-0.05, 0) is 46.2 Å².